The Bertz CT molecular complexity index is 171. The highest BCUT2D eigenvalue weighted by Crippen LogP contribution is 2.11. The third-order valence-electron chi connectivity index (χ3n) is 4.48. The first-order valence-electron chi connectivity index (χ1n) is 10.1. The van der Waals surface area contributed by atoms with E-state index in [0.29, 0.717) is 0 Å². The zero-order valence-electron chi connectivity index (χ0n) is 15.5. The predicted molar refractivity (Wildman–Crippen MR) is 98.1 cm³/mol. The van der Waals surface area contributed by atoms with Crippen molar-refractivity contribution >= 4 is 0 Å². The number of nitrogens with zero attached hydrogens (tertiary/aromatic N) is 1. The van der Waals surface area contributed by atoms with Gasteiger partial charge in [0, 0.05) is 0 Å². The van der Waals surface area contributed by atoms with Crippen LogP contribution in [0.4, 0.5) is 0 Å². The molecule has 0 aromatic rings. The van der Waals surface area contributed by atoms with Gasteiger partial charge in [-0.05, 0) is 38.9 Å². The summed E-state index contributed by atoms with van der Waals surface area (Å²) in [6.45, 7) is 10.9. The zero-order valence-corrected chi connectivity index (χ0v) is 15.5. The SMILES string of the molecule is CCCCCCCCCCCCN(CCCC)CCCC. The Morgan fingerprint density at radius 1 is 0.381 bits per heavy atom. The Morgan fingerprint density at radius 2 is 0.714 bits per heavy atom. The van der Waals surface area contributed by atoms with Crippen molar-refractivity contribution in [1.82, 2.24) is 4.90 Å². The lowest BCUT2D eigenvalue weighted by molar-refractivity contribution is 0.259. The van der Waals surface area contributed by atoms with Crippen LogP contribution < -0.4 is 0 Å². The molecule has 0 heterocycles. The van der Waals surface area contributed by atoms with Crippen LogP contribution in [0.1, 0.15) is 111 Å². The highest BCUT2D eigenvalue weighted by Gasteiger charge is 2.03. The minimum Gasteiger partial charge on any atom is -0.303 e. The molecule has 0 aliphatic heterocycles. The second kappa shape index (κ2) is 18.0. The van der Waals surface area contributed by atoms with Crippen molar-refractivity contribution in [2.75, 3.05) is 19.6 Å². The summed E-state index contributed by atoms with van der Waals surface area (Å²) in [4.78, 5) is 2.71. The minimum atomic E-state index is 1.33. The maximum Gasteiger partial charge on any atom is -0.00187 e. The summed E-state index contributed by atoms with van der Waals surface area (Å²) >= 11 is 0. The summed E-state index contributed by atoms with van der Waals surface area (Å²) in [6.07, 6.45) is 19.9. The van der Waals surface area contributed by atoms with Crippen LogP contribution in [0.2, 0.25) is 0 Å². The van der Waals surface area contributed by atoms with Gasteiger partial charge >= 0.3 is 0 Å². The topological polar surface area (TPSA) is 3.24 Å². The normalized spacial score (nSPS) is 11.4. The van der Waals surface area contributed by atoms with Crippen LogP contribution in [-0.2, 0) is 0 Å². The molecule has 1 heteroatoms. The molecular formula is C20H43N. The van der Waals surface area contributed by atoms with Crippen molar-refractivity contribution < 1.29 is 0 Å². The van der Waals surface area contributed by atoms with Gasteiger partial charge in [0.15, 0.2) is 0 Å². The van der Waals surface area contributed by atoms with Crippen LogP contribution in [0.5, 0.6) is 0 Å². The van der Waals surface area contributed by atoms with Gasteiger partial charge in [-0.1, -0.05) is 91.4 Å². The molecule has 0 bridgehead atoms. The Kier molecular flexibility index (Phi) is 18.0. The highest BCUT2D eigenvalue weighted by molar-refractivity contribution is 4.58. The van der Waals surface area contributed by atoms with E-state index < -0.39 is 0 Å². The molecule has 0 aromatic heterocycles. The fraction of sp³-hybridized carbons (Fsp3) is 1.00. The van der Waals surface area contributed by atoms with Crippen LogP contribution in [0.3, 0.4) is 0 Å². The highest BCUT2D eigenvalue weighted by atomic mass is 15.1. The average molecular weight is 298 g/mol. The third kappa shape index (κ3) is 16.2. The molecule has 0 rings (SSSR count). The summed E-state index contributed by atoms with van der Waals surface area (Å²) < 4.78 is 0. The number of hydrogen-bond donors (Lipinski definition) is 0. The number of unbranched alkanes of at least 4 members (excludes halogenated alkanes) is 11. The maximum absolute atomic E-state index is 2.71. The number of hydrogen-bond acceptors (Lipinski definition) is 1. The second-order valence-corrected chi connectivity index (χ2v) is 6.73. The van der Waals surface area contributed by atoms with Crippen LogP contribution in [0.25, 0.3) is 0 Å². The van der Waals surface area contributed by atoms with E-state index >= 15 is 0 Å². The standard InChI is InChI=1S/C20H43N/c1-4-7-10-11-12-13-14-15-16-17-20-21(18-8-5-2)19-9-6-3/h4-20H2,1-3H3. The van der Waals surface area contributed by atoms with Crippen LogP contribution >= 0.6 is 0 Å². The molecule has 0 amide bonds. The molecule has 1 nitrogen and oxygen atoms in total. The predicted octanol–water partition coefficient (Wildman–Crippen LogP) is 6.81. The first kappa shape index (κ1) is 21.0. The fourth-order valence-corrected chi connectivity index (χ4v) is 2.92. The van der Waals surface area contributed by atoms with Crippen molar-refractivity contribution in [3.8, 4) is 0 Å². The van der Waals surface area contributed by atoms with Crippen molar-refractivity contribution in [3.63, 3.8) is 0 Å². The first-order valence-corrected chi connectivity index (χ1v) is 10.1. The third-order valence-corrected chi connectivity index (χ3v) is 4.48. The van der Waals surface area contributed by atoms with Crippen molar-refractivity contribution in [2.24, 2.45) is 0 Å². The zero-order chi connectivity index (χ0) is 15.6. The smallest absolute Gasteiger partial charge is 0.00187 e. The van der Waals surface area contributed by atoms with E-state index in [-0.39, 0.29) is 0 Å². The van der Waals surface area contributed by atoms with Crippen LogP contribution in [-0.4, -0.2) is 24.5 Å². The summed E-state index contributed by atoms with van der Waals surface area (Å²) in [6, 6.07) is 0. The molecule has 0 saturated carbocycles. The lowest BCUT2D eigenvalue weighted by atomic mass is 10.1. The first-order chi connectivity index (χ1) is 10.3. The largest absolute Gasteiger partial charge is 0.303 e. The summed E-state index contributed by atoms with van der Waals surface area (Å²) in [7, 11) is 0. The molecule has 0 saturated heterocycles. The molecule has 0 atom stereocenters. The molecule has 0 N–H and O–H groups in total. The Hall–Kier alpha value is -0.0400. The van der Waals surface area contributed by atoms with Gasteiger partial charge in [0.1, 0.15) is 0 Å². The fourth-order valence-electron chi connectivity index (χ4n) is 2.92. The Morgan fingerprint density at radius 3 is 1.14 bits per heavy atom. The van der Waals surface area contributed by atoms with E-state index in [9.17, 15) is 0 Å². The number of rotatable bonds is 17. The van der Waals surface area contributed by atoms with Crippen LogP contribution in [0.15, 0.2) is 0 Å². The molecular weight excluding hydrogens is 254 g/mol. The van der Waals surface area contributed by atoms with Crippen molar-refractivity contribution in [2.45, 2.75) is 111 Å². The summed E-state index contributed by atoms with van der Waals surface area (Å²) in [5, 5.41) is 0. The summed E-state index contributed by atoms with van der Waals surface area (Å²) in [5.74, 6) is 0. The molecule has 0 fully saturated rings. The van der Waals surface area contributed by atoms with Gasteiger partial charge < -0.3 is 4.90 Å². The molecule has 0 radical (unpaired) electrons. The monoisotopic (exact) mass is 297 g/mol. The van der Waals surface area contributed by atoms with E-state index in [1.165, 1.54) is 110 Å². The lowest BCUT2D eigenvalue weighted by Crippen LogP contribution is -2.27. The van der Waals surface area contributed by atoms with Gasteiger partial charge in [-0.25, -0.2) is 0 Å². The van der Waals surface area contributed by atoms with Gasteiger partial charge in [-0.2, -0.15) is 0 Å². The van der Waals surface area contributed by atoms with Gasteiger partial charge in [-0.3, -0.25) is 0 Å². The lowest BCUT2D eigenvalue weighted by Gasteiger charge is -2.21. The second-order valence-electron chi connectivity index (χ2n) is 6.73. The quantitative estimate of drug-likeness (QED) is 0.266. The Labute approximate surface area is 135 Å². The van der Waals surface area contributed by atoms with E-state index in [1.54, 1.807) is 0 Å². The van der Waals surface area contributed by atoms with Crippen molar-refractivity contribution in [3.05, 3.63) is 0 Å². The molecule has 128 valence electrons. The van der Waals surface area contributed by atoms with E-state index in [0.717, 1.165) is 0 Å². The molecule has 0 spiro atoms. The molecule has 0 aliphatic carbocycles. The van der Waals surface area contributed by atoms with Crippen molar-refractivity contribution in [1.29, 1.82) is 0 Å². The van der Waals surface area contributed by atoms with E-state index in [2.05, 4.69) is 25.7 Å². The maximum atomic E-state index is 2.71. The van der Waals surface area contributed by atoms with E-state index in [1.807, 2.05) is 0 Å². The van der Waals surface area contributed by atoms with Crippen LogP contribution in [0, 0.1) is 0 Å². The molecule has 0 aliphatic rings. The minimum absolute atomic E-state index is 1.33. The van der Waals surface area contributed by atoms with Gasteiger partial charge in [-0.15, -0.1) is 0 Å². The average Bonchev–Trinajstić information content (AvgIpc) is 2.51. The molecule has 0 unspecified atom stereocenters. The summed E-state index contributed by atoms with van der Waals surface area (Å²) in [5.41, 5.74) is 0. The molecule has 0 aromatic carbocycles. The van der Waals surface area contributed by atoms with Gasteiger partial charge in [0.2, 0.25) is 0 Å². The van der Waals surface area contributed by atoms with Gasteiger partial charge in [0.05, 0.1) is 0 Å². The van der Waals surface area contributed by atoms with E-state index in [4.69, 9.17) is 0 Å². The molecule has 21 heavy (non-hydrogen) atoms. The Balaban J connectivity index is 3.35. The van der Waals surface area contributed by atoms with Gasteiger partial charge in [0.25, 0.3) is 0 Å².